The molecular formula is C10H9NNaO. The van der Waals surface area contributed by atoms with Crippen LogP contribution in [-0.2, 0) is 0 Å². The van der Waals surface area contributed by atoms with Gasteiger partial charge in [-0.3, -0.25) is 0 Å². The number of phenolic OH excluding ortho intramolecular Hbond substituents is 1. The molecule has 0 saturated heterocycles. The van der Waals surface area contributed by atoms with E-state index < -0.39 is 0 Å². The summed E-state index contributed by atoms with van der Waals surface area (Å²) in [6.07, 6.45) is 0. The topological polar surface area (TPSA) is 33.1 Å². The molecule has 2 nitrogen and oxygen atoms in total. The standard InChI is InChI=1S/C10H9NO.Na/c1-7-5-6-8-3-2-4-9(12)10(8)11-7;/h2-6,12H,1H3;. The Hall–Kier alpha value is -0.570. The van der Waals surface area contributed by atoms with Crippen LogP contribution in [-0.4, -0.2) is 39.6 Å². The van der Waals surface area contributed by atoms with Gasteiger partial charge in [0.15, 0.2) is 0 Å². The van der Waals surface area contributed by atoms with Crippen molar-refractivity contribution in [3.8, 4) is 5.75 Å². The average molecular weight is 182 g/mol. The van der Waals surface area contributed by atoms with Crippen molar-refractivity contribution in [2.45, 2.75) is 6.92 Å². The summed E-state index contributed by atoms with van der Waals surface area (Å²) < 4.78 is 0. The van der Waals surface area contributed by atoms with Gasteiger partial charge in [0, 0.05) is 40.6 Å². The zero-order chi connectivity index (χ0) is 8.55. The molecule has 0 aliphatic heterocycles. The van der Waals surface area contributed by atoms with E-state index in [-0.39, 0.29) is 35.3 Å². The van der Waals surface area contributed by atoms with Gasteiger partial charge in [0.1, 0.15) is 11.3 Å². The molecule has 2 rings (SSSR count). The largest absolute Gasteiger partial charge is 0.506 e. The number of benzene rings is 1. The molecule has 0 spiro atoms. The smallest absolute Gasteiger partial charge is 0.141 e. The number of aromatic hydroxyl groups is 1. The Labute approximate surface area is 98.9 Å². The Balaban J connectivity index is 0.000000845. The first-order valence-corrected chi connectivity index (χ1v) is 3.83. The normalized spacial score (nSPS) is 9.62. The predicted octanol–water partition coefficient (Wildman–Crippen LogP) is 1.87. The van der Waals surface area contributed by atoms with Crippen LogP contribution in [0, 0.1) is 6.92 Å². The molecule has 1 radical (unpaired) electrons. The fraction of sp³-hybridized carbons (Fsp3) is 0.100. The second-order valence-electron chi connectivity index (χ2n) is 2.80. The number of nitrogens with zero attached hydrogens (tertiary/aromatic N) is 1. The molecule has 0 amide bonds. The molecule has 1 aromatic carbocycles. The minimum atomic E-state index is 0. The predicted molar refractivity (Wildman–Crippen MR) is 53.9 cm³/mol. The van der Waals surface area contributed by atoms with Crippen molar-refractivity contribution in [2.75, 3.05) is 0 Å². The van der Waals surface area contributed by atoms with Gasteiger partial charge in [-0.25, -0.2) is 4.98 Å². The number of hydrogen-bond donors (Lipinski definition) is 1. The van der Waals surface area contributed by atoms with Crippen molar-refractivity contribution >= 4 is 40.5 Å². The second-order valence-corrected chi connectivity index (χ2v) is 2.80. The molecule has 0 unspecified atom stereocenters. The van der Waals surface area contributed by atoms with E-state index in [1.165, 1.54) is 0 Å². The molecule has 0 saturated carbocycles. The SMILES string of the molecule is Cc1ccc2cccc(O)c2n1.[Na]. The summed E-state index contributed by atoms with van der Waals surface area (Å²) in [7, 11) is 0. The van der Waals surface area contributed by atoms with Gasteiger partial charge in [-0.05, 0) is 19.1 Å². The van der Waals surface area contributed by atoms with Gasteiger partial charge in [0.05, 0.1) is 0 Å². The number of hydrogen-bond acceptors (Lipinski definition) is 2. The summed E-state index contributed by atoms with van der Waals surface area (Å²) in [5.41, 5.74) is 1.60. The summed E-state index contributed by atoms with van der Waals surface area (Å²) in [4.78, 5) is 4.23. The van der Waals surface area contributed by atoms with Crippen molar-refractivity contribution in [3.63, 3.8) is 0 Å². The quantitative estimate of drug-likeness (QED) is 0.631. The molecule has 0 fully saturated rings. The van der Waals surface area contributed by atoms with Crippen molar-refractivity contribution in [3.05, 3.63) is 36.0 Å². The molecule has 61 valence electrons. The fourth-order valence-electron chi connectivity index (χ4n) is 1.23. The maximum absolute atomic E-state index is 9.43. The molecule has 3 heteroatoms. The van der Waals surface area contributed by atoms with E-state index in [2.05, 4.69) is 4.98 Å². The summed E-state index contributed by atoms with van der Waals surface area (Å²) in [6, 6.07) is 9.28. The van der Waals surface area contributed by atoms with Crippen molar-refractivity contribution < 1.29 is 5.11 Å². The average Bonchev–Trinajstić information content (AvgIpc) is 2.07. The number of aromatic nitrogens is 1. The van der Waals surface area contributed by atoms with Crippen LogP contribution in [0.1, 0.15) is 5.69 Å². The first-order valence-electron chi connectivity index (χ1n) is 3.83. The van der Waals surface area contributed by atoms with E-state index in [4.69, 9.17) is 0 Å². The molecule has 0 bridgehead atoms. The monoisotopic (exact) mass is 182 g/mol. The van der Waals surface area contributed by atoms with Gasteiger partial charge >= 0.3 is 0 Å². The van der Waals surface area contributed by atoms with Crippen LogP contribution in [0.3, 0.4) is 0 Å². The van der Waals surface area contributed by atoms with Crippen LogP contribution in [0.5, 0.6) is 5.75 Å². The number of rotatable bonds is 0. The molecule has 2 aromatic rings. The van der Waals surface area contributed by atoms with E-state index in [1.807, 2.05) is 31.2 Å². The van der Waals surface area contributed by atoms with Crippen LogP contribution in [0.15, 0.2) is 30.3 Å². The number of aryl methyl sites for hydroxylation is 1. The molecule has 1 aromatic heterocycles. The molecule has 0 aliphatic carbocycles. The minimum Gasteiger partial charge on any atom is -0.506 e. The zero-order valence-corrected chi connectivity index (χ0v) is 9.78. The van der Waals surface area contributed by atoms with Gasteiger partial charge < -0.3 is 5.11 Å². The van der Waals surface area contributed by atoms with Crippen molar-refractivity contribution in [2.24, 2.45) is 0 Å². The number of pyridine rings is 1. The Morgan fingerprint density at radius 3 is 2.69 bits per heavy atom. The summed E-state index contributed by atoms with van der Waals surface area (Å²) in [6.45, 7) is 1.91. The molecule has 0 aliphatic rings. The Morgan fingerprint density at radius 2 is 1.92 bits per heavy atom. The molecule has 0 atom stereocenters. The maximum atomic E-state index is 9.43. The molecule has 13 heavy (non-hydrogen) atoms. The summed E-state index contributed by atoms with van der Waals surface area (Å²) >= 11 is 0. The third-order valence-corrected chi connectivity index (χ3v) is 1.84. The van der Waals surface area contributed by atoms with Crippen LogP contribution < -0.4 is 0 Å². The third kappa shape index (κ3) is 2.02. The minimum absolute atomic E-state index is 0. The Morgan fingerprint density at radius 1 is 1.15 bits per heavy atom. The number of para-hydroxylation sites is 1. The maximum Gasteiger partial charge on any atom is 0.141 e. The van der Waals surface area contributed by atoms with Crippen LogP contribution >= 0.6 is 0 Å². The first-order chi connectivity index (χ1) is 5.77. The van der Waals surface area contributed by atoms with Crippen LogP contribution in [0.4, 0.5) is 0 Å². The van der Waals surface area contributed by atoms with Crippen LogP contribution in [0.2, 0.25) is 0 Å². The number of phenols is 1. The molecule has 1 N–H and O–H groups in total. The molecule has 1 heterocycles. The Bertz CT molecular complexity index is 428. The van der Waals surface area contributed by atoms with Crippen LogP contribution in [0.25, 0.3) is 10.9 Å². The first kappa shape index (κ1) is 10.5. The van der Waals surface area contributed by atoms with Crippen molar-refractivity contribution in [1.29, 1.82) is 0 Å². The van der Waals surface area contributed by atoms with Gasteiger partial charge in [-0.2, -0.15) is 0 Å². The van der Waals surface area contributed by atoms with E-state index in [9.17, 15) is 5.11 Å². The Kier molecular flexibility index (Phi) is 3.31. The zero-order valence-electron chi connectivity index (χ0n) is 7.78. The van der Waals surface area contributed by atoms with E-state index in [0.717, 1.165) is 11.1 Å². The van der Waals surface area contributed by atoms with E-state index in [1.54, 1.807) is 6.07 Å². The van der Waals surface area contributed by atoms with Gasteiger partial charge in [-0.1, -0.05) is 18.2 Å². The summed E-state index contributed by atoms with van der Waals surface area (Å²) in [5.74, 6) is 0.246. The van der Waals surface area contributed by atoms with E-state index >= 15 is 0 Å². The van der Waals surface area contributed by atoms with Gasteiger partial charge in [0.2, 0.25) is 0 Å². The van der Waals surface area contributed by atoms with Gasteiger partial charge in [0.25, 0.3) is 0 Å². The number of fused-ring (bicyclic) bond motifs is 1. The fourth-order valence-corrected chi connectivity index (χ4v) is 1.23. The molecular weight excluding hydrogens is 173 g/mol. The third-order valence-electron chi connectivity index (χ3n) is 1.84. The summed E-state index contributed by atoms with van der Waals surface area (Å²) in [5, 5.41) is 10.4. The van der Waals surface area contributed by atoms with Crippen molar-refractivity contribution in [1.82, 2.24) is 4.98 Å². The van der Waals surface area contributed by atoms with E-state index in [0.29, 0.717) is 5.52 Å². The second kappa shape index (κ2) is 4.09. The van der Waals surface area contributed by atoms with Gasteiger partial charge in [-0.15, -0.1) is 0 Å².